The van der Waals surface area contributed by atoms with Crippen molar-refractivity contribution >= 4 is 0 Å². The standard InChI is InChI=1S/C12H26O6/c1-8(14)12(18)9(3-2-6-13)7-10(15)4-5-11(16)17/h8-18H,2-7H2,1H3. The summed E-state index contributed by atoms with van der Waals surface area (Å²) in [6.45, 7) is 1.47. The highest BCUT2D eigenvalue weighted by Gasteiger charge is 2.25. The van der Waals surface area contributed by atoms with Gasteiger partial charge >= 0.3 is 0 Å². The van der Waals surface area contributed by atoms with Crippen LogP contribution in [0.25, 0.3) is 0 Å². The molecule has 0 bridgehead atoms. The van der Waals surface area contributed by atoms with Gasteiger partial charge in [0.1, 0.15) is 0 Å². The lowest BCUT2D eigenvalue weighted by Gasteiger charge is -2.27. The molecule has 0 aromatic heterocycles. The van der Waals surface area contributed by atoms with Crippen molar-refractivity contribution in [2.24, 2.45) is 5.92 Å². The molecule has 6 N–H and O–H groups in total. The van der Waals surface area contributed by atoms with E-state index in [2.05, 4.69) is 0 Å². The lowest BCUT2D eigenvalue weighted by molar-refractivity contribution is -0.0588. The molecule has 0 rings (SSSR count). The Labute approximate surface area is 108 Å². The van der Waals surface area contributed by atoms with Gasteiger partial charge in [0, 0.05) is 13.0 Å². The zero-order valence-electron chi connectivity index (χ0n) is 10.8. The van der Waals surface area contributed by atoms with E-state index in [0.29, 0.717) is 12.8 Å². The summed E-state index contributed by atoms with van der Waals surface area (Å²) >= 11 is 0. The van der Waals surface area contributed by atoms with Crippen molar-refractivity contribution in [2.45, 2.75) is 63.6 Å². The maximum Gasteiger partial charge on any atom is 0.151 e. The summed E-state index contributed by atoms with van der Waals surface area (Å²) in [6.07, 6.45) is -2.52. The van der Waals surface area contributed by atoms with Gasteiger partial charge in [0.2, 0.25) is 0 Å². The third-order valence-corrected chi connectivity index (χ3v) is 3.04. The lowest BCUT2D eigenvalue weighted by Crippen LogP contribution is -2.34. The van der Waals surface area contributed by atoms with E-state index in [-0.39, 0.29) is 31.8 Å². The Morgan fingerprint density at radius 3 is 1.94 bits per heavy atom. The Hall–Kier alpha value is -0.240. The molecule has 0 fully saturated rings. The maximum absolute atomic E-state index is 9.80. The van der Waals surface area contributed by atoms with Gasteiger partial charge in [-0.2, -0.15) is 0 Å². The predicted molar refractivity (Wildman–Crippen MR) is 65.6 cm³/mol. The second-order valence-corrected chi connectivity index (χ2v) is 4.80. The second-order valence-electron chi connectivity index (χ2n) is 4.80. The molecule has 0 spiro atoms. The summed E-state index contributed by atoms with van der Waals surface area (Å²) in [5.41, 5.74) is 0. The fourth-order valence-corrected chi connectivity index (χ4v) is 1.98. The first-order valence-electron chi connectivity index (χ1n) is 6.39. The largest absolute Gasteiger partial charge is 0.396 e. The molecule has 0 aromatic carbocycles. The quantitative estimate of drug-likeness (QED) is 0.281. The van der Waals surface area contributed by atoms with E-state index < -0.39 is 24.6 Å². The lowest BCUT2D eigenvalue weighted by atomic mass is 9.87. The molecular weight excluding hydrogens is 240 g/mol. The molecule has 18 heavy (non-hydrogen) atoms. The van der Waals surface area contributed by atoms with Gasteiger partial charge in [0.25, 0.3) is 0 Å². The summed E-state index contributed by atoms with van der Waals surface area (Å²) in [6, 6.07) is 0. The molecule has 0 aromatic rings. The number of hydrogen-bond acceptors (Lipinski definition) is 6. The fourth-order valence-electron chi connectivity index (χ4n) is 1.98. The highest BCUT2D eigenvalue weighted by Crippen LogP contribution is 2.22. The summed E-state index contributed by atoms with van der Waals surface area (Å²) in [4.78, 5) is 0. The molecule has 6 heteroatoms. The topological polar surface area (TPSA) is 121 Å². The van der Waals surface area contributed by atoms with Gasteiger partial charge in [-0.15, -0.1) is 0 Å². The van der Waals surface area contributed by atoms with Crippen LogP contribution in [0.2, 0.25) is 0 Å². The van der Waals surface area contributed by atoms with Crippen LogP contribution in [0.5, 0.6) is 0 Å². The first kappa shape index (κ1) is 17.8. The van der Waals surface area contributed by atoms with Crippen molar-refractivity contribution in [3.63, 3.8) is 0 Å². The highest BCUT2D eigenvalue weighted by atomic mass is 16.5. The Kier molecular flexibility index (Phi) is 9.53. The Morgan fingerprint density at radius 1 is 0.889 bits per heavy atom. The molecule has 0 aliphatic rings. The average Bonchev–Trinajstić information content (AvgIpc) is 2.30. The Balaban J connectivity index is 4.21. The Bertz CT molecular complexity index is 197. The first-order chi connectivity index (χ1) is 8.38. The number of hydrogen-bond donors (Lipinski definition) is 6. The summed E-state index contributed by atoms with van der Waals surface area (Å²) < 4.78 is 0. The zero-order chi connectivity index (χ0) is 14.1. The molecule has 0 aliphatic carbocycles. The molecule has 6 nitrogen and oxygen atoms in total. The van der Waals surface area contributed by atoms with Crippen molar-refractivity contribution in [3.05, 3.63) is 0 Å². The third kappa shape index (κ3) is 7.97. The van der Waals surface area contributed by atoms with Crippen LogP contribution in [0.4, 0.5) is 0 Å². The smallest absolute Gasteiger partial charge is 0.151 e. The van der Waals surface area contributed by atoms with Crippen LogP contribution in [0.3, 0.4) is 0 Å². The van der Waals surface area contributed by atoms with E-state index in [1.165, 1.54) is 6.92 Å². The van der Waals surface area contributed by atoms with Crippen molar-refractivity contribution in [2.75, 3.05) is 6.61 Å². The van der Waals surface area contributed by atoms with Crippen LogP contribution in [0, 0.1) is 5.92 Å². The van der Waals surface area contributed by atoms with Crippen molar-refractivity contribution in [1.82, 2.24) is 0 Å². The van der Waals surface area contributed by atoms with Crippen molar-refractivity contribution in [3.8, 4) is 0 Å². The van der Waals surface area contributed by atoms with Gasteiger partial charge in [-0.05, 0) is 38.5 Å². The van der Waals surface area contributed by atoms with Gasteiger partial charge in [-0.25, -0.2) is 0 Å². The van der Waals surface area contributed by atoms with E-state index >= 15 is 0 Å². The van der Waals surface area contributed by atoms with E-state index in [9.17, 15) is 15.3 Å². The van der Waals surface area contributed by atoms with E-state index in [1.807, 2.05) is 0 Å². The molecule has 4 unspecified atom stereocenters. The summed E-state index contributed by atoms with van der Waals surface area (Å²) in [7, 11) is 0. The van der Waals surface area contributed by atoms with Crippen LogP contribution in [-0.2, 0) is 0 Å². The predicted octanol–water partition coefficient (Wildman–Crippen LogP) is -1.04. The van der Waals surface area contributed by atoms with E-state index in [0.717, 1.165) is 0 Å². The molecular formula is C12H26O6. The number of aliphatic hydroxyl groups is 6. The van der Waals surface area contributed by atoms with Crippen molar-refractivity contribution < 1.29 is 30.6 Å². The molecule has 4 atom stereocenters. The molecule has 0 heterocycles. The molecule has 0 saturated heterocycles. The molecule has 0 aliphatic heterocycles. The Morgan fingerprint density at radius 2 is 1.50 bits per heavy atom. The van der Waals surface area contributed by atoms with Gasteiger partial charge in [-0.3, -0.25) is 0 Å². The molecule has 0 radical (unpaired) electrons. The SMILES string of the molecule is CC(O)C(O)C(CCCO)CC(O)CCC(O)O. The van der Waals surface area contributed by atoms with Crippen LogP contribution < -0.4 is 0 Å². The molecule has 110 valence electrons. The van der Waals surface area contributed by atoms with Gasteiger partial charge in [0.15, 0.2) is 6.29 Å². The molecule has 0 saturated carbocycles. The highest BCUT2D eigenvalue weighted by molar-refractivity contribution is 4.76. The first-order valence-corrected chi connectivity index (χ1v) is 6.39. The summed E-state index contributed by atoms with van der Waals surface area (Å²) in [5, 5.41) is 55.0. The third-order valence-electron chi connectivity index (χ3n) is 3.04. The maximum atomic E-state index is 9.80. The van der Waals surface area contributed by atoms with Crippen LogP contribution in [-0.4, -0.2) is 61.8 Å². The van der Waals surface area contributed by atoms with Crippen LogP contribution in [0.1, 0.15) is 39.0 Å². The minimum atomic E-state index is -1.45. The van der Waals surface area contributed by atoms with Crippen LogP contribution in [0.15, 0.2) is 0 Å². The van der Waals surface area contributed by atoms with Gasteiger partial charge in [-0.1, -0.05) is 0 Å². The summed E-state index contributed by atoms with van der Waals surface area (Å²) in [5.74, 6) is -0.317. The van der Waals surface area contributed by atoms with Crippen molar-refractivity contribution in [1.29, 1.82) is 0 Å². The second kappa shape index (κ2) is 9.66. The number of aliphatic hydroxyl groups excluding tert-OH is 5. The monoisotopic (exact) mass is 266 g/mol. The zero-order valence-corrected chi connectivity index (χ0v) is 10.8. The normalized spacial score (nSPS) is 18.7. The van der Waals surface area contributed by atoms with Gasteiger partial charge < -0.3 is 30.6 Å². The minimum Gasteiger partial charge on any atom is -0.396 e. The molecule has 0 amide bonds. The number of rotatable bonds is 10. The van der Waals surface area contributed by atoms with E-state index in [4.69, 9.17) is 15.3 Å². The van der Waals surface area contributed by atoms with Gasteiger partial charge in [0.05, 0.1) is 18.3 Å². The van der Waals surface area contributed by atoms with Crippen LogP contribution >= 0.6 is 0 Å². The van der Waals surface area contributed by atoms with E-state index in [1.54, 1.807) is 0 Å². The average molecular weight is 266 g/mol. The minimum absolute atomic E-state index is 0.00548. The fraction of sp³-hybridized carbons (Fsp3) is 1.00.